The summed E-state index contributed by atoms with van der Waals surface area (Å²) in [6, 6.07) is 16.0. The molecule has 3 rings (SSSR count). The maximum Gasteiger partial charge on any atom is 0.238 e. The van der Waals surface area contributed by atoms with E-state index in [4.69, 9.17) is 11.6 Å². The van der Waals surface area contributed by atoms with Gasteiger partial charge in [0.25, 0.3) is 0 Å². The molecular formula is C19H21ClN2OS. The molecule has 0 spiro atoms. The van der Waals surface area contributed by atoms with Crippen LogP contribution in [0, 0.1) is 0 Å². The van der Waals surface area contributed by atoms with Crippen molar-refractivity contribution >= 4 is 40.6 Å². The molecule has 0 aliphatic carbocycles. The van der Waals surface area contributed by atoms with E-state index in [-0.39, 0.29) is 11.3 Å². The van der Waals surface area contributed by atoms with Crippen LogP contribution in [0.5, 0.6) is 0 Å². The number of carbonyl (C=O) groups excluding carboxylic acids is 1. The number of hydrogen-bond donors (Lipinski definition) is 0. The highest BCUT2D eigenvalue weighted by molar-refractivity contribution is 8.00. The van der Waals surface area contributed by atoms with Gasteiger partial charge in [0, 0.05) is 29.5 Å². The molecule has 1 aliphatic rings. The molecule has 1 saturated heterocycles. The number of amides is 1. The minimum atomic E-state index is 0.0180. The molecule has 2 aromatic carbocycles. The molecule has 5 heteroatoms. The standard InChI is InChI=1S/C19H21ClN2OS/c1-3-21(4-2)16-9-5-14(6-10-16)19-22(18(23)13-24-19)17-11-7-15(20)8-12-17/h5-12,19H,3-4,13H2,1-2H3/t19-/m0/s1. The summed E-state index contributed by atoms with van der Waals surface area (Å²) in [5, 5.41) is 0.697. The monoisotopic (exact) mass is 360 g/mol. The van der Waals surface area contributed by atoms with E-state index < -0.39 is 0 Å². The summed E-state index contributed by atoms with van der Waals surface area (Å²) in [4.78, 5) is 16.6. The summed E-state index contributed by atoms with van der Waals surface area (Å²) in [5.74, 6) is 0.644. The maximum atomic E-state index is 12.4. The highest BCUT2D eigenvalue weighted by atomic mass is 35.5. The lowest BCUT2D eigenvalue weighted by Crippen LogP contribution is -2.27. The molecule has 0 saturated carbocycles. The number of benzene rings is 2. The molecule has 0 radical (unpaired) electrons. The number of hydrogen-bond acceptors (Lipinski definition) is 3. The molecule has 24 heavy (non-hydrogen) atoms. The summed E-state index contributed by atoms with van der Waals surface area (Å²) < 4.78 is 0. The topological polar surface area (TPSA) is 23.6 Å². The Kier molecular flexibility index (Phi) is 5.36. The van der Waals surface area contributed by atoms with Crippen molar-refractivity contribution in [3.63, 3.8) is 0 Å². The van der Waals surface area contributed by atoms with Crippen LogP contribution >= 0.6 is 23.4 Å². The molecule has 2 aromatic rings. The molecule has 0 N–H and O–H groups in total. The molecule has 1 amide bonds. The second-order valence-electron chi connectivity index (χ2n) is 5.67. The minimum Gasteiger partial charge on any atom is -0.372 e. The minimum absolute atomic E-state index is 0.0180. The van der Waals surface area contributed by atoms with Crippen molar-refractivity contribution in [3.8, 4) is 0 Å². The molecular weight excluding hydrogens is 340 g/mol. The SMILES string of the molecule is CCN(CC)c1ccc([C@@H]2SCC(=O)N2c2ccc(Cl)cc2)cc1. The first-order chi connectivity index (χ1) is 11.6. The van der Waals surface area contributed by atoms with E-state index in [1.165, 1.54) is 5.69 Å². The molecule has 1 heterocycles. The zero-order valence-corrected chi connectivity index (χ0v) is 15.5. The van der Waals surface area contributed by atoms with Crippen LogP contribution in [0.15, 0.2) is 48.5 Å². The molecule has 0 bridgehead atoms. The first-order valence-corrected chi connectivity index (χ1v) is 9.60. The lowest BCUT2D eigenvalue weighted by Gasteiger charge is -2.26. The van der Waals surface area contributed by atoms with Crippen molar-refractivity contribution in [1.82, 2.24) is 0 Å². The summed E-state index contributed by atoms with van der Waals surface area (Å²) in [6.07, 6.45) is 0. The van der Waals surface area contributed by atoms with Crippen molar-refractivity contribution in [3.05, 3.63) is 59.1 Å². The Morgan fingerprint density at radius 3 is 2.29 bits per heavy atom. The Hall–Kier alpha value is -1.65. The first-order valence-electron chi connectivity index (χ1n) is 8.18. The molecule has 0 unspecified atom stereocenters. The van der Waals surface area contributed by atoms with Crippen LogP contribution in [-0.4, -0.2) is 24.7 Å². The molecule has 126 valence electrons. The Morgan fingerprint density at radius 1 is 1.08 bits per heavy atom. The average molecular weight is 361 g/mol. The van der Waals surface area contributed by atoms with Crippen molar-refractivity contribution in [1.29, 1.82) is 0 Å². The van der Waals surface area contributed by atoms with Crippen LogP contribution in [0.25, 0.3) is 0 Å². The third kappa shape index (κ3) is 3.40. The van der Waals surface area contributed by atoms with Crippen LogP contribution in [0.2, 0.25) is 5.02 Å². The molecule has 0 aromatic heterocycles. The van der Waals surface area contributed by atoms with Crippen LogP contribution in [0.1, 0.15) is 24.8 Å². The van der Waals surface area contributed by atoms with Crippen LogP contribution in [0.3, 0.4) is 0 Å². The zero-order chi connectivity index (χ0) is 17.1. The fourth-order valence-corrected chi connectivity index (χ4v) is 4.29. The van der Waals surface area contributed by atoms with Gasteiger partial charge >= 0.3 is 0 Å². The number of carbonyl (C=O) groups is 1. The zero-order valence-electron chi connectivity index (χ0n) is 13.9. The van der Waals surface area contributed by atoms with Crippen molar-refractivity contribution < 1.29 is 4.79 Å². The van der Waals surface area contributed by atoms with Crippen molar-refractivity contribution in [2.45, 2.75) is 19.2 Å². The number of anilines is 2. The number of halogens is 1. The lowest BCUT2D eigenvalue weighted by molar-refractivity contribution is -0.115. The van der Waals surface area contributed by atoms with E-state index in [0.29, 0.717) is 10.8 Å². The van der Waals surface area contributed by atoms with Crippen molar-refractivity contribution in [2.24, 2.45) is 0 Å². The Morgan fingerprint density at radius 2 is 1.71 bits per heavy atom. The van der Waals surface area contributed by atoms with E-state index in [0.717, 1.165) is 24.3 Å². The predicted molar refractivity (Wildman–Crippen MR) is 104 cm³/mol. The Labute approximate surface area is 152 Å². The van der Waals surface area contributed by atoms with Crippen LogP contribution in [0.4, 0.5) is 11.4 Å². The van der Waals surface area contributed by atoms with E-state index in [9.17, 15) is 4.79 Å². The van der Waals surface area contributed by atoms with Gasteiger partial charge in [-0.25, -0.2) is 0 Å². The van der Waals surface area contributed by atoms with Gasteiger partial charge in [-0.05, 0) is 55.8 Å². The molecule has 3 nitrogen and oxygen atoms in total. The molecule has 1 atom stereocenters. The summed E-state index contributed by atoms with van der Waals surface area (Å²) in [6.45, 7) is 6.29. The second-order valence-corrected chi connectivity index (χ2v) is 7.17. The maximum absolute atomic E-state index is 12.4. The summed E-state index contributed by atoms with van der Waals surface area (Å²) in [7, 11) is 0. The van der Waals surface area contributed by atoms with Gasteiger partial charge in [-0.15, -0.1) is 11.8 Å². The Bertz CT molecular complexity index is 698. The quantitative estimate of drug-likeness (QED) is 0.752. The van der Waals surface area contributed by atoms with Crippen LogP contribution < -0.4 is 9.80 Å². The second kappa shape index (κ2) is 7.49. The smallest absolute Gasteiger partial charge is 0.238 e. The van der Waals surface area contributed by atoms with Gasteiger partial charge < -0.3 is 4.90 Å². The van der Waals surface area contributed by atoms with Gasteiger partial charge in [0.15, 0.2) is 0 Å². The highest BCUT2D eigenvalue weighted by Crippen LogP contribution is 2.42. The summed E-state index contributed by atoms with van der Waals surface area (Å²) in [5.41, 5.74) is 3.26. The van der Waals surface area contributed by atoms with E-state index >= 15 is 0 Å². The van der Waals surface area contributed by atoms with E-state index in [1.807, 2.05) is 29.2 Å². The number of rotatable bonds is 5. The van der Waals surface area contributed by atoms with Gasteiger partial charge in [0.05, 0.1) is 5.75 Å². The van der Waals surface area contributed by atoms with Gasteiger partial charge in [-0.1, -0.05) is 23.7 Å². The fourth-order valence-electron chi connectivity index (χ4n) is 2.99. The normalized spacial score (nSPS) is 17.4. The number of nitrogens with zero attached hydrogens (tertiary/aromatic N) is 2. The lowest BCUT2D eigenvalue weighted by atomic mass is 10.1. The highest BCUT2D eigenvalue weighted by Gasteiger charge is 2.33. The Balaban J connectivity index is 1.87. The number of thioether (sulfide) groups is 1. The average Bonchev–Trinajstić information content (AvgIpc) is 2.99. The molecule has 1 fully saturated rings. The van der Waals surface area contributed by atoms with Crippen molar-refractivity contribution in [2.75, 3.05) is 28.6 Å². The fraction of sp³-hybridized carbons (Fsp3) is 0.316. The van der Waals surface area contributed by atoms with Gasteiger partial charge in [0.1, 0.15) is 5.37 Å². The van der Waals surface area contributed by atoms with Gasteiger partial charge in [-0.2, -0.15) is 0 Å². The van der Waals surface area contributed by atoms with Gasteiger partial charge in [-0.3, -0.25) is 9.69 Å². The predicted octanol–water partition coefficient (Wildman–Crippen LogP) is 4.96. The summed E-state index contributed by atoms with van der Waals surface area (Å²) >= 11 is 7.64. The third-order valence-corrected chi connectivity index (χ3v) is 5.74. The van der Waals surface area contributed by atoms with E-state index in [1.54, 1.807) is 11.8 Å². The van der Waals surface area contributed by atoms with Crippen LogP contribution in [-0.2, 0) is 4.79 Å². The molecule has 1 aliphatic heterocycles. The van der Waals surface area contributed by atoms with E-state index in [2.05, 4.69) is 43.0 Å². The largest absolute Gasteiger partial charge is 0.372 e. The van der Waals surface area contributed by atoms with Gasteiger partial charge in [0.2, 0.25) is 5.91 Å². The third-order valence-electron chi connectivity index (χ3n) is 4.28. The first kappa shape index (κ1) is 17.2.